The van der Waals surface area contributed by atoms with Gasteiger partial charge in [0.05, 0.1) is 13.2 Å². The Labute approximate surface area is 120 Å². The molecular weight excluding hydrogens is 306 g/mol. The van der Waals surface area contributed by atoms with Crippen LogP contribution in [-0.2, 0) is 19.6 Å². The lowest BCUT2D eigenvalue weighted by atomic mass is 10.3. The zero-order chi connectivity index (χ0) is 14.6. The maximum Gasteiger partial charge on any atom is 0.267 e. The third-order valence-corrected chi connectivity index (χ3v) is 4.80. The molecule has 1 aliphatic rings. The summed E-state index contributed by atoms with van der Waals surface area (Å²) in [5.41, 5.74) is 0. The first-order valence-corrected chi connectivity index (χ1v) is 8.28. The molecule has 0 atom stereocenters. The van der Waals surface area contributed by atoms with Crippen LogP contribution in [-0.4, -0.2) is 62.3 Å². The highest BCUT2D eigenvalue weighted by Gasteiger charge is 2.17. The normalized spacial score (nSPS) is 17.1. The molecule has 0 saturated carbocycles. The average Bonchev–Trinajstić information content (AvgIpc) is 2.86. The summed E-state index contributed by atoms with van der Waals surface area (Å²) in [5, 5.41) is 14.5. The number of ether oxygens (including phenoxy) is 1. The molecule has 0 bridgehead atoms. The van der Waals surface area contributed by atoms with Crippen LogP contribution in [0.2, 0.25) is 0 Å². The Morgan fingerprint density at radius 1 is 1.40 bits per heavy atom. The van der Waals surface area contributed by atoms with Crippen molar-refractivity contribution in [1.29, 1.82) is 0 Å². The Morgan fingerprint density at radius 3 is 2.70 bits per heavy atom. The van der Waals surface area contributed by atoms with E-state index >= 15 is 0 Å². The van der Waals surface area contributed by atoms with Gasteiger partial charge in [-0.1, -0.05) is 11.3 Å². The SMILES string of the molecule is NS(=O)(=O)c1nnc(NC(=O)CCN2CCOCC2)s1. The molecule has 1 amide bonds. The van der Waals surface area contributed by atoms with E-state index in [9.17, 15) is 13.2 Å². The van der Waals surface area contributed by atoms with Gasteiger partial charge in [0, 0.05) is 26.1 Å². The molecule has 112 valence electrons. The van der Waals surface area contributed by atoms with Crippen molar-refractivity contribution in [3.8, 4) is 0 Å². The lowest BCUT2D eigenvalue weighted by Crippen LogP contribution is -2.38. The van der Waals surface area contributed by atoms with E-state index in [4.69, 9.17) is 9.88 Å². The van der Waals surface area contributed by atoms with Gasteiger partial charge in [-0.25, -0.2) is 13.6 Å². The number of primary sulfonamides is 1. The number of carbonyl (C=O) groups is 1. The van der Waals surface area contributed by atoms with Crippen molar-refractivity contribution in [2.24, 2.45) is 5.14 Å². The fraction of sp³-hybridized carbons (Fsp3) is 0.667. The number of sulfonamides is 1. The Hall–Kier alpha value is -1.14. The number of hydrogen-bond acceptors (Lipinski definition) is 8. The van der Waals surface area contributed by atoms with Gasteiger partial charge in [0.2, 0.25) is 15.4 Å². The second kappa shape index (κ2) is 6.54. The molecule has 0 aliphatic carbocycles. The highest BCUT2D eigenvalue weighted by molar-refractivity contribution is 7.91. The van der Waals surface area contributed by atoms with Crippen molar-refractivity contribution in [2.45, 2.75) is 10.8 Å². The molecule has 1 saturated heterocycles. The Morgan fingerprint density at radius 2 is 2.10 bits per heavy atom. The van der Waals surface area contributed by atoms with E-state index in [1.54, 1.807) is 0 Å². The lowest BCUT2D eigenvalue weighted by molar-refractivity contribution is -0.116. The molecule has 1 aromatic rings. The maximum absolute atomic E-state index is 11.7. The minimum absolute atomic E-state index is 0.126. The molecule has 0 radical (unpaired) electrons. The second-order valence-electron chi connectivity index (χ2n) is 4.17. The quantitative estimate of drug-likeness (QED) is 0.655. The van der Waals surface area contributed by atoms with Gasteiger partial charge < -0.3 is 10.1 Å². The number of rotatable bonds is 5. The zero-order valence-electron chi connectivity index (χ0n) is 10.6. The summed E-state index contributed by atoms with van der Waals surface area (Å²) in [5.74, 6) is -0.242. The predicted molar refractivity (Wildman–Crippen MR) is 71.8 cm³/mol. The van der Waals surface area contributed by atoms with Gasteiger partial charge in [0.25, 0.3) is 10.0 Å². The molecule has 9 nitrogen and oxygen atoms in total. The molecular formula is C9H15N5O4S2. The van der Waals surface area contributed by atoms with Crippen LogP contribution < -0.4 is 10.5 Å². The number of anilines is 1. The van der Waals surface area contributed by atoms with Crippen molar-refractivity contribution in [3.05, 3.63) is 0 Å². The van der Waals surface area contributed by atoms with Gasteiger partial charge in [0.1, 0.15) is 0 Å². The summed E-state index contributed by atoms with van der Waals surface area (Å²) in [6.07, 6.45) is 0.296. The molecule has 0 aromatic carbocycles. The van der Waals surface area contributed by atoms with E-state index in [2.05, 4.69) is 20.4 Å². The number of hydrogen-bond donors (Lipinski definition) is 2. The smallest absolute Gasteiger partial charge is 0.267 e. The van der Waals surface area contributed by atoms with Crippen LogP contribution in [0.3, 0.4) is 0 Å². The molecule has 0 unspecified atom stereocenters. The lowest BCUT2D eigenvalue weighted by Gasteiger charge is -2.26. The predicted octanol–water partition coefficient (Wildman–Crippen LogP) is -1.15. The van der Waals surface area contributed by atoms with Gasteiger partial charge >= 0.3 is 0 Å². The minimum Gasteiger partial charge on any atom is -0.379 e. The van der Waals surface area contributed by atoms with Gasteiger partial charge in [-0.2, -0.15) is 0 Å². The van der Waals surface area contributed by atoms with E-state index < -0.39 is 10.0 Å². The molecule has 3 N–H and O–H groups in total. The number of nitrogens with one attached hydrogen (secondary N) is 1. The molecule has 1 fully saturated rings. The first kappa shape index (κ1) is 15.3. The highest BCUT2D eigenvalue weighted by atomic mass is 32.2. The van der Waals surface area contributed by atoms with Gasteiger partial charge in [-0.15, -0.1) is 10.2 Å². The minimum atomic E-state index is -3.88. The van der Waals surface area contributed by atoms with Crippen LogP contribution in [0, 0.1) is 0 Å². The summed E-state index contributed by atoms with van der Waals surface area (Å²) >= 11 is 0.729. The topological polar surface area (TPSA) is 128 Å². The van der Waals surface area contributed by atoms with Crippen LogP contribution in [0.25, 0.3) is 0 Å². The Bertz CT molecular complexity index is 567. The summed E-state index contributed by atoms with van der Waals surface area (Å²) in [6, 6.07) is 0. The molecule has 11 heteroatoms. The van der Waals surface area contributed by atoms with E-state index in [-0.39, 0.29) is 15.4 Å². The fourth-order valence-corrected chi connectivity index (χ4v) is 2.99. The van der Waals surface area contributed by atoms with E-state index in [0.29, 0.717) is 26.2 Å². The zero-order valence-corrected chi connectivity index (χ0v) is 12.2. The average molecular weight is 321 g/mol. The van der Waals surface area contributed by atoms with Crippen molar-refractivity contribution < 1.29 is 17.9 Å². The second-order valence-corrected chi connectivity index (χ2v) is 6.88. The van der Waals surface area contributed by atoms with E-state index in [1.165, 1.54) is 0 Å². The number of nitrogens with two attached hydrogens (primary N) is 1. The number of nitrogens with zero attached hydrogens (tertiary/aromatic N) is 3. The van der Waals surface area contributed by atoms with Crippen LogP contribution in [0.1, 0.15) is 6.42 Å². The fourth-order valence-electron chi connectivity index (χ4n) is 1.64. The van der Waals surface area contributed by atoms with Gasteiger partial charge in [-0.05, 0) is 0 Å². The molecule has 2 rings (SSSR count). The monoisotopic (exact) mass is 321 g/mol. The maximum atomic E-state index is 11.7. The van der Waals surface area contributed by atoms with Crippen LogP contribution >= 0.6 is 11.3 Å². The summed E-state index contributed by atoms with van der Waals surface area (Å²) in [6.45, 7) is 3.59. The van der Waals surface area contributed by atoms with Gasteiger partial charge in [-0.3, -0.25) is 9.69 Å². The molecule has 1 aromatic heterocycles. The third-order valence-electron chi connectivity index (χ3n) is 2.66. The van der Waals surface area contributed by atoms with Crippen molar-refractivity contribution in [3.63, 3.8) is 0 Å². The largest absolute Gasteiger partial charge is 0.379 e. The molecule has 2 heterocycles. The number of morpholine rings is 1. The highest BCUT2D eigenvalue weighted by Crippen LogP contribution is 2.18. The van der Waals surface area contributed by atoms with Crippen LogP contribution in [0.4, 0.5) is 5.13 Å². The van der Waals surface area contributed by atoms with Crippen LogP contribution in [0.15, 0.2) is 4.34 Å². The van der Waals surface area contributed by atoms with E-state index in [1.807, 2.05) is 0 Å². The number of amides is 1. The standard InChI is InChI=1S/C9H15N5O4S2/c10-20(16,17)9-13-12-8(19-9)11-7(15)1-2-14-3-5-18-6-4-14/h1-6H2,(H2,10,16,17)(H,11,12,15). The molecule has 0 spiro atoms. The Balaban J connectivity index is 1.80. The first-order chi connectivity index (χ1) is 9.45. The summed E-state index contributed by atoms with van der Waals surface area (Å²) < 4.78 is 26.9. The molecule has 20 heavy (non-hydrogen) atoms. The van der Waals surface area contributed by atoms with Crippen LogP contribution in [0.5, 0.6) is 0 Å². The molecule has 1 aliphatic heterocycles. The van der Waals surface area contributed by atoms with Crippen molar-refractivity contribution in [2.75, 3.05) is 38.2 Å². The summed E-state index contributed by atoms with van der Waals surface area (Å²) in [7, 11) is -3.88. The Kier molecular flexibility index (Phi) is 4.99. The first-order valence-electron chi connectivity index (χ1n) is 5.91. The summed E-state index contributed by atoms with van der Waals surface area (Å²) in [4.78, 5) is 13.8. The van der Waals surface area contributed by atoms with Crippen molar-refractivity contribution in [1.82, 2.24) is 15.1 Å². The number of aromatic nitrogens is 2. The van der Waals surface area contributed by atoms with Gasteiger partial charge in [0.15, 0.2) is 0 Å². The number of carbonyl (C=O) groups excluding carboxylic acids is 1. The van der Waals surface area contributed by atoms with Crippen molar-refractivity contribution >= 4 is 32.4 Å². The third kappa shape index (κ3) is 4.45. The van der Waals surface area contributed by atoms with E-state index in [0.717, 1.165) is 24.4 Å².